The summed E-state index contributed by atoms with van der Waals surface area (Å²) >= 11 is 0. The molecule has 0 heterocycles. The quantitative estimate of drug-likeness (QED) is 0.839. The molecule has 2 aromatic carbocycles. The van der Waals surface area contributed by atoms with Gasteiger partial charge in [0.15, 0.2) is 0 Å². The lowest BCUT2D eigenvalue weighted by atomic mass is 9.98. The number of hydrogen-bond donors (Lipinski definition) is 2. The minimum Gasteiger partial charge on any atom is -0.366 e. The molecule has 2 rings (SSSR count). The molecular formula is C14H14N2O. The van der Waals surface area contributed by atoms with Crippen molar-refractivity contribution in [3.8, 4) is 11.1 Å². The molecule has 0 aliphatic heterocycles. The second-order valence-corrected chi connectivity index (χ2v) is 3.81. The van der Waals surface area contributed by atoms with Crippen molar-refractivity contribution in [3.05, 3.63) is 59.7 Å². The molecule has 0 saturated heterocycles. The molecule has 0 atom stereocenters. The summed E-state index contributed by atoms with van der Waals surface area (Å²) in [7, 11) is 0. The van der Waals surface area contributed by atoms with Crippen LogP contribution < -0.4 is 11.5 Å². The van der Waals surface area contributed by atoms with E-state index < -0.39 is 5.91 Å². The van der Waals surface area contributed by atoms with Gasteiger partial charge in [0.25, 0.3) is 0 Å². The highest BCUT2D eigenvalue weighted by Gasteiger charge is 2.08. The fourth-order valence-corrected chi connectivity index (χ4v) is 1.82. The number of carbonyl (C=O) groups excluding carboxylic acids is 1. The molecule has 3 nitrogen and oxygen atoms in total. The van der Waals surface area contributed by atoms with Crippen molar-refractivity contribution >= 4 is 5.91 Å². The van der Waals surface area contributed by atoms with E-state index in [0.717, 1.165) is 16.7 Å². The lowest BCUT2D eigenvalue weighted by molar-refractivity contribution is 0.100. The van der Waals surface area contributed by atoms with E-state index in [4.69, 9.17) is 11.5 Å². The molecule has 4 N–H and O–H groups in total. The molecule has 0 aliphatic carbocycles. The van der Waals surface area contributed by atoms with Crippen LogP contribution in [0.3, 0.4) is 0 Å². The highest BCUT2D eigenvalue weighted by molar-refractivity contribution is 5.99. The van der Waals surface area contributed by atoms with Crippen molar-refractivity contribution in [2.45, 2.75) is 6.54 Å². The van der Waals surface area contributed by atoms with Crippen molar-refractivity contribution in [1.82, 2.24) is 0 Å². The third-order valence-corrected chi connectivity index (χ3v) is 2.67. The van der Waals surface area contributed by atoms with E-state index in [0.29, 0.717) is 12.1 Å². The summed E-state index contributed by atoms with van der Waals surface area (Å²) in [5.41, 5.74) is 14.3. The maximum absolute atomic E-state index is 11.3. The standard InChI is InChI=1S/C14H14N2O/c15-9-10-4-3-5-11(8-10)12-6-1-2-7-13(12)14(16)17/h1-8H,9,15H2,(H2,16,17). The molecular weight excluding hydrogens is 212 g/mol. The van der Waals surface area contributed by atoms with Crippen LogP contribution in [0.5, 0.6) is 0 Å². The van der Waals surface area contributed by atoms with Crippen LogP contribution in [0.25, 0.3) is 11.1 Å². The number of primary amides is 1. The average Bonchev–Trinajstić information content (AvgIpc) is 2.39. The fraction of sp³-hybridized carbons (Fsp3) is 0.0714. The summed E-state index contributed by atoms with van der Waals surface area (Å²) in [5.74, 6) is -0.418. The Balaban J connectivity index is 2.56. The summed E-state index contributed by atoms with van der Waals surface area (Å²) in [6, 6.07) is 15.1. The summed E-state index contributed by atoms with van der Waals surface area (Å²) < 4.78 is 0. The largest absolute Gasteiger partial charge is 0.366 e. The van der Waals surface area contributed by atoms with Gasteiger partial charge in [0.2, 0.25) is 5.91 Å². The van der Waals surface area contributed by atoms with Gasteiger partial charge in [-0.05, 0) is 28.8 Å². The lowest BCUT2D eigenvalue weighted by Gasteiger charge is -2.08. The van der Waals surface area contributed by atoms with E-state index in [-0.39, 0.29) is 0 Å². The zero-order chi connectivity index (χ0) is 12.3. The van der Waals surface area contributed by atoms with Crippen LogP contribution in [0, 0.1) is 0 Å². The summed E-state index contributed by atoms with van der Waals surface area (Å²) in [4.78, 5) is 11.3. The first-order valence-electron chi connectivity index (χ1n) is 5.40. The van der Waals surface area contributed by atoms with Crippen molar-refractivity contribution in [2.24, 2.45) is 11.5 Å². The second-order valence-electron chi connectivity index (χ2n) is 3.81. The molecule has 17 heavy (non-hydrogen) atoms. The monoisotopic (exact) mass is 226 g/mol. The van der Waals surface area contributed by atoms with Crippen LogP contribution in [-0.4, -0.2) is 5.91 Å². The molecule has 0 radical (unpaired) electrons. The van der Waals surface area contributed by atoms with Gasteiger partial charge >= 0.3 is 0 Å². The van der Waals surface area contributed by atoms with E-state index in [1.165, 1.54) is 0 Å². The topological polar surface area (TPSA) is 69.1 Å². The third kappa shape index (κ3) is 2.34. The van der Waals surface area contributed by atoms with Crippen LogP contribution in [0.2, 0.25) is 0 Å². The van der Waals surface area contributed by atoms with E-state index in [2.05, 4.69) is 0 Å². The van der Waals surface area contributed by atoms with Crippen LogP contribution in [0.1, 0.15) is 15.9 Å². The highest BCUT2D eigenvalue weighted by Crippen LogP contribution is 2.24. The number of amides is 1. The normalized spacial score (nSPS) is 10.2. The van der Waals surface area contributed by atoms with Crippen LogP contribution in [0.15, 0.2) is 48.5 Å². The molecule has 2 aromatic rings. The number of benzene rings is 2. The van der Waals surface area contributed by atoms with Crippen molar-refractivity contribution in [3.63, 3.8) is 0 Å². The Bertz CT molecular complexity index is 549. The first-order valence-corrected chi connectivity index (χ1v) is 5.40. The number of rotatable bonds is 3. The number of nitrogens with two attached hydrogens (primary N) is 2. The number of hydrogen-bond acceptors (Lipinski definition) is 2. The van der Waals surface area contributed by atoms with E-state index in [1.807, 2.05) is 36.4 Å². The Morgan fingerprint density at radius 1 is 1.06 bits per heavy atom. The summed E-state index contributed by atoms with van der Waals surface area (Å²) in [5, 5.41) is 0. The molecule has 0 saturated carbocycles. The lowest BCUT2D eigenvalue weighted by Crippen LogP contribution is -2.12. The molecule has 86 valence electrons. The summed E-state index contributed by atoms with van der Waals surface area (Å²) in [6.07, 6.45) is 0. The molecule has 1 amide bonds. The van der Waals surface area contributed by atoms with E-state index in [1.54, 1.807) is 12.1 Å². The Kier molecular flexibility index (Phi) is 3.21. The first-order chi connectivity index (χ1) is 8.22. The maximum atomic E-state index is 11.3. The predicted molar refractivity (Wildman–Crippen MR) is 68.3 cm³/mol. The van der Waals surface area contributed by atoms with Crippen LogP contribution in [-0.2, 0) is 6.54 Å². The fourth-order valence-electron chi connectivity index (χ4n) is 1.82. The zero-order valence-electron chi connectivity index (χ0n) is 9.39. The Morgan fingerprint density at radius 2 is 1.82 bits per heavy atom. The van der Waals surface area contributed by atoms with Crippen LogP contribution in [0.4, 0.5) is 0 Å². The molecule has 0 fully saturated rings. The van der Waals surface area contributed by atoms with Crippen LogP contribution >= 0.6 is 0 Å². The second kappa shape index (κ2) is 4.80. The van der Waals surface area contributed by atoms with Gasteiger partial charge in [-0.3, -0.25) is 4.79 Å². The van der Waals surface area contributed by atoms with Gasteiger partial charge in [-0.25, -0.2) is 0 Å². The van der Waals surface area contributed by atoms with E-state index >= 15 is 0 Å². The molecule has 0 bridgehead atoms. The Labute approximate surface area is 100 Å². The third-order valence-electron chi connectivity index (χ3n) is 2.67. The maximum Gasteiger partial charge on any atom is 0.249 e. The van der Waals surface area contributed by atoms with Gasteiger partial charge < -0.3 is 11.5 Å². The van der Waals surface area contributed by atoms with E-state index in [9.17, 15) is 4.79 Å². The van der Waals surface area contributed by atoms with Gasteiger partial charge in [-0.2, -0.15) is 0 Å². The SMILES string of the molecule is NCc1cccc(-c2ccccc2C(N)=O)c1. The van der Waals surface area contributed by atoms with Gasteiger partial charge in [-0.15, -0.1) is 0 Å². The van der Waals surface area contributed by atoms with Crippen molar-refractivity contribution in [1.29, 1.82) is 0 Å². The van der Waals surface area contributed by atoms with Gasteiger partial charge in [-0.1, -0.05) is 36.4 Å². The first kappa shape index (κ1) is 11.4. The molecule has 0 unspecified atom stereocenters. The zero-order valence-corrected chi connectivity index (χ0v) is 9.39. The predicted octanol–water partition coefficient (Wildman–Crippen LogP) is 1.91. The highest BCUT2D eigenvalue weighted by atomic mass is 16.1. The molecule has 3 heteroatoms. The minimum atomic E-state index is -0.418. The Hall–Kier alpha value is -2.13. The molecule has 0 aromatic heterocycles. The van der Waals surface area contributed by atoms with Gasteiger partial charge in [0.1, 0.15) is 0 Å². The van der Waals surface area contributed by atoms with Crippen molar-refractivity contribution < 1.29 is 4.79 Å². The van der Waals surface area contributed by atoms with Gasteiger partial charge in [0.05, 0.1) is 0 Å². The number of carbonyl (C=O) groups is 1. The minimum absolute atomic E-state index is 0.418. The Morgan fingerprint density at radius 3 is 2.53 bits per heavy atom. The smallest absolute Gasteiger partial charge is 0.249 e. The van der Waals surface area contributed by atoms with Crippen molar-refractivity contribution in [2.75, 3.05) is 0 Å². The summed E-state index contributed by atoms with van der Waals surface area (Å²) in [6.45, 7) is 0.479. The average molecular weight is 226 g/mol. The molecule has 0 spiro atoms. The van der Waals surface area contributed by atoms with Gasteiger partial charge in [0, 0.05) is 12.1 Å². The molecule has 0 aliphatic rings.